The lowest BCUT2D eigenvalue weighted by Gasteiger charge is -2.29. The highest BCUT2D eigenvalue weighted by Crippen LogP contribution is 2.23. The number of carbonyl (C=O) groups is 2. The Balaban J connectivity index is 3.04. The number of hydrogen-bond acceptors (Lipinski definition) is 3. The standard InChI is InChI=1S/C14H20ClN3O2/c1-3-5-11(16)12(19)18-14(2,13(17)20)9-6-4-7-10(15)8-9/h4,6-8,11H,3,5,16H2,1-2H3,(H2,17,20)(H,18,19). The topological polar surface area (TPSA) is 98.2 Å². The van der Waals surface area contributed by atoms with Gasteiger partial charge in [0, 0.05) is 5.02 Å². The number of nitrogens with two attached hydrogens (primary N) is 2. The Labute approximate surface area is 123 Å². The molecule has 1 aromatic carbocycles. The Kier molecular flexibility index (Phi) is 5.53. The minimum Gasteiger partial charge on any atom is -0.367 e. The highest BCUT2D eigenvalue weighted by atomic mass is 35.5. The largest absolute Gasteiger partial charge is 0.367 e. The van der Waals surface area contributed by atoms with Crippen LogP contribution in [0.3, 0.4) is 0 Å². The zero-order valence-corrected chi connectivity index (χ0v) is 12.4. The number of nitrogens with one attached hydrogen (secondary N) is 1. The average Bonchev–Trinajstić information content (AvgIpc) is 2.38. The zero-order chi connectivity index (χ0) is 15.3. The van der Waals surface area contributed by atoms with E-state index in [1.807, 2.05) is 6.92 Å². The van der Waals surface area contributed by atoms with E-state index >= 15 is 0 Å². The van der Waals surface area contributed by atoms with E-state index in [4.69, 9.17) is 23.1 Å². The predicted molar refractivity (Wildman–Crippen MR) is 79.0 cm³/mol. The Morgan fingerprint density at radius 2 is 2.10 bits per heavy atom. The first kappa shape index (κ1) is 16.5. The monoisotopic (exact) mass is 297 g/mol. The van der Waals surface area contributed by atoms with E-state index in [0.717, 1.165) is 6.42 Å². The van der Waals surface area contributed by atoms with Crippen LogP contribution >= 0.6 is 11.6 Å². The first-order chi connectivity index (χ1) is 9.31. The number of hydrogen-bond donors (Lipinski definition) is 3. The summed E-state index contributed by atoms with van der Waals surface area (Å²) >= 11 is 5.91. The number of rotatable bonds is 6. The third-order valence-corrected chi connectivity index (χ3v) is 3.44. The normalized spacial score (nSPS) is 15.2. The molecule has 0 aromatic heterocycles. The summed E-state index contributed by atoms with van der Waals surface area (Å²) in [6.45, 7) is 3.47. The first-order valence-electron chi connectivity index (χ1n) is 6.44. The van der Waals surface area contributed by atoms with Crippen LogP contribution in [0.5, 0.6) is 0 Å². The van der Waals surface area contributed by atoms with Crippen molar-refractivity contribution in [3.63, 3.8) is 0 Å². The molecule has 1 aromatic rings. The van der Waals surface area contributed by atoms with E-state index in [0.29, 0.717) is 17.0 Å². The van der Waals surface area contributed by atoms with Crippen molar-refractivity contribution in [3.05, 3.63) is 34.9 Å². The highest BCUT2D eigenvalue weighted by molar-refractivity contribution is 6.30. The van der Waals surface area contributed by atoms with Crippen molar-refractivity contribution in [1.29, 1.82) is 0 Å². The van der Waals surface area contributed by atoms with Gasteiger partial charge in [-0.25, -0.2) is 0 Å². The van der Waals surface area contributed by atoms with E-state index < -0.39 is 23.4 Å². The second-order valence-electron chi connectivity index (χ2n) is 4.88. The summed E-state index contributed by atoms with van der Waals surface area (Å²) < 4.78 is 0. The van der Waals surface area contributed by atoms with Gasteiger partial charge in [0.2, 0.25) is 11.8 Å². The molecule has 0 fully saturated rings. The summed E-state index contributed by atoms with van der Waals surface area (Å²) in [4.78, 5) is 23.8. The lowest BCUT2D eigenvalue weighted by molar-refractivity contribution is -0.132. The molecule has 0 aliphatic carbocycles. The number of carbonyl (C=O) groups excluding carboxylic acids is 2. The highest BCUT2D eigenvalue weighted by Gasteiger charge is 2.36. The number of amides is 2. The van der Waals surface area contributed by atoms with Gasteiger partial charge in [0.1, 0.15) is 5.54 Å². The van der Waals surface area contributed by atoms with Gasteiger partial charge in [0.25, 0.3) is 0 Å². The second-order valence-corrected chi connectivity index (χ2v) is 5.32. The minimum atomic E-state index is -1.34. The Morgan fingerprint density at radius 1 is 1.45 bits per heavy atom. The summed E-state index contributed by atoms with van der Waals surface area (Å²) in [6, 6.07) is 5.98. The molecule has 0 spiro atoms. The van der Waals surface area contributed by atoms with Gasteiger partial charge in [0.15, 0.2) is 0 Å². The second kappa shape index (κ2) is 6.72. The van der Waals surface area contributed by atoms with Crippen LogP contribution in [0.15, 0.2) is 24.3 Å². The zero-order valence-electron chi connectivity index (χ0n) is 11.7. The third-order valence-electron chi connectivity index (χ3n) is 3.20. The maximum absolute atomic E-state index is 12.0. The summed E-state index contributed by atoms with van der Waals surface area (Å²) in [5, 5.41) is 3.08. The third kappa shape index (κ3) is 3.71. The maximum Gasteiger partial charge on any atom is 0.247 e. The number of benzene rings is 1. The van der Waals surface area contributed by atoms with E-state index in [9.17, 15) is 9.59 Å². The number of primary amides is 1. The Morgan fingerprint density at radius 3 is 2.60 bits per heavy atom. The smallest absolute Gasteiger partial charge is 0.247 e. The summed E-state index contributed by atoms with van der Waals surface area (Å²) in [6.07, 6.45) is 1.31. The van der Waals surface area contributed by atoms with Gasteiger partial charge in [-0.3, -0.25) is 9.59 Å². The molecule has 5 N–H and O–H groups in total. The summed E-state index contributed by atoms with van der Waals surface area (Å²) in [5.41, 5.74) is 10.4. The molecular weight excluding hydrogens is 278 g/mol. The first-order valence-corrected chi connectivity index (χ1v) is 6.82. The van der Waals surface area contributed by atoms with Crippen molar-refractivity contribution in [2.24, 2.45) is 11.5 Å². The van der Waals surface area contributed by atoms with Crippen LogP contribution in [-0.4, -0.2) is 17.9 Å². The van der Waals surface area contributed by atoms with Gasteiger partial charge in [-0.2, -0.15) is 0 Å². The van der Waals surface area contributed by atoms with Gasteiger partial charge < -0.3 is 16.8 Å². The van der Waals surface area contributed by atoms with Crippen molar-refractivity contribution < 1.29 is 9.59 Å². The lowest BCUT2D eigenvalue weighted by Crippen LogP contribution is -2.56. The molecule has 0 saturated carbocycles. The fourth-order valence-corrected chi connectivity index (χ4v) is 2.05. The molecule has 1 rings (SSSR count). The molecule has 110 valence electrons. The molecule has 2 amide bonds. The van der Waals surface area contributed by atoms with Gasteiger partial charge >= 0.3 is 0 Å². The Bertz CT molecular complexity index is 507. The average molecular weight is 298 g/mol. The molecule has 0 heterocycles. The summed E-state index contributed by atoms with van der Waals surface area (Å²) in [5.74, 6) is -1.08. The Hall–Kier alpha value is -1.59. The lowest BCUT2D eigenvalue weighted by atomic mass is 9.90. The fourth-order valence-electron chi connectivity index (χ4n) is 1.86. The molecule has 0 bridgehead atoms. The minimum absolute atomic E-state index is 0.409. The molecule has 0 aliphatic heterocycles. The van der Waals surface area contributed by atoms with Crippen LogP contribution < -0.4 is 16.8 Å². The summed E-state index contributed by atoms with van der Waals surface area (Å²) in [7, 11) is 0. The van der Waals surface area contributed by atoms with Crippen LogP contribution in [0.4, 0.5) is 0 Å². The SMILES string of the molecule is CCCC(N)C(=O)NC(C)(C(N)=O)c1cccc(Cl)c1. The molecular formula is C14H20ClN3O2. The molecule has 20 heavy (non-hydrogen) atoms. The van der Waals surface area contributed by atoms with Gasteiger partial charge in [-0.1, -0.05) is 37.1 Å². The van der Waals surface area contributed by atoms with Crippen LogP contribution in [0.1, 0.15) is 32.3 Å². The molecule has 0 aliphatic rings. The van der Waals surface area contributed by atoms with Crippen LogP contribution in [0.25, 0.3) is 0 Å². The van der Waals surface area contributed by atoms with E-state index in [1.165, 1.54) is 6.92 Å². The van der Waals surface area contributed by atoms with Crippen molar-refractivity contribution in [1.82, 2.24) is 5.32 Å². The predicted octanol–water partition coefficient (Wildman–Crippen LogP) is 1.28. The van der Waals surface area contributed by atoms with Crippen LogP contribution in [-0.2, 0) is 15.1 Å². The molecule has 6 heteroatoms. The van der Waals surface area contributed by atoms with Crippen molar-refractivity contribution in [2.75, 3.05) is 0 Å². The van der Waals surface area contributed by atoms with E-state index in [-0.39, 0.29) is 0 Å². The van der Waals surface area contributed by atoms with Gasteiger partial charge in [0.05, 0.1) is 6.04 Å². The van der Waals surface area contributed by atoms with E-state index in [1.54, 1.807) is 24.3 Å². The van der Waals surface area contributed by atoms with Crippen molar-refractivity contribution in [3.8, 4) is 0 Å². The molecule has 5 nitrogen and oxygen atoms in total. The van der Waals surface area contributed by atoms with Crippen LogP contribution in [0.2, 0.25) is 5.02 Å². The number of halogens is 1. The fraction of sp³-hybridized carbons (Fsp3) is 0.429. The van der Waals surface area contributed by atoms with Gasteiger partial charge in [-0.15, -0.1) is 0 Å². The van der Waals surface area contributed by atoms with Crippen molar-refractivity contribution >= 4 is 23.4 Å². The quantitative estimate of drug-likeness (QED) is 0.737. The van der Waals surface area contributed by atoms with E-state index in [2.05, 4.69) is 5.32 Å². The maximum atomic E-state index is 12.0. The van der Waals surface area contributed by atoms with Gasteiger partial charge in [-0.05, 0) is 31.0 Å². The molecule has 2 atom stereocenters. The van der Waals surface area contributed by atoms with Crippen LogP contribution in [0, 0.1) is 0 Å². The molecule has 0 radical (unpaired) electrons. The van der Waals surface area contributed by atoms with Crippen molar-refractivity contribution in [2.45, 2.75) is 38.3 Å². The molecule has 0 saturated heterocycles. The molecule has 2 unspecified atom stereocenters.